The highest BCUT2D eigenvalue weighted by Gasteiger charge is 2.22. The molecule has 0 amide bonds. The highest BCUT2D eigenvalue weighted by Crippen LogP contribution is 2.21. The Balaban J connectivity index is 0.00000147. The molecule has 4 nitrogen and oxygen atoms in total. The number of aromatic nitrogens is 1. The molecule has 3 rings (SSSR count). The van der Waals surface area contributed by atoms with Crippen LogP contribution in [0.5, 0.6) is 0 Å². The zero-order valence-corrected chi connectivity index (χ0v) is 12.7. The fourth-order valence-corrected chi connectivity index (χ4v) is 2.20. The minimum Gasteiger partial charge on any atom is -0.444 e. The summed E-state index contributed by atoms with van der Waals surface area (Å²) in [5, 5.41) is 3.98. The van der Waals surface area contributed by atoms with Crippen LogP contribution < -0.4 is 5.32 Å². The molecule has 0 spiro atoms. The standard InChI is InChI=1S/C14H16ClN3O.ClH/c1-18(13-6-16-7-13)8-12-9-19-14(17-12)10-2-4-11(15)5-3-10;/h2-5,9,13,16H,6-8H2,1H3;1H. The van der Waals surface area contributed by atoms with E-state index < -0.39 is 0 Å². The molecule has 1 aromatic carbocycles. The molecule has 1 saturated heterocycles. The molecule has 0 aliphatic carbocycles. The molecule has 1 N–H and O–H groups in total. The van der Waals surface area contributed by atoms with E-state index in [1.54, 1.807) is 6.26 Å². The molecule has 1 aliphatic heterocycles. The van der Waals surface area contributed by atoms with E-state index in [-0.39, 0.29) is 12.4 Å². The molecule has 2 heterocycles. The molecule has 1 aromatic heterocycles. The summed E-state index contributed by atoms with van der Waals surface area (Å²) in [6.07, 6.45) is 1.73. The van der Waals surface area contributed by atoms with E-state index in [9.17, 15) is 0 Å². The van der Waals surface area contributed by atoms with Gasteiger partial charge in [-0.05, 0) is 31.3 Å². The first-order valence-corrected chi connectivity index (χ1v) is 6.71. The maximum atomic E-state index is 5.87. The fraction of sp³-hybridized carbons (Fsp3) is 0.357. The van der Waals surface area contributed by atoms with Gasteiger partial charge in [-0.15, -0.1) is 12.4 Å². The molecule has 0 unspecified atom stereocenters. The maximum absolute atomic E-state index is 5.87. The van der Waals surface area contributed by atoms with Gasteiger partial charge in [-0.2, -0.15) is 0 Å². The van der Waals surface area contributed by atoms with Crippen molar-refractivity contribution in [3.63, 3.8) is 0 Å². The summed E-state index contributed by atoms with van der Waals surface area (Å²) in [6.45, 7) is 2.92. The Morgan fingerprint density at radius 2 is 2.05 bits per heavy atom. The fourth-order valence-electron chi connectivity index (χ4n) is 2.07. The second kappa shape index (κ2) is 6.59. The van der Waals surface area contributed by atoms with Crippen LogP contribution in [0.25, 0.3) is 11.5 Å². The average Bonchev–Trinajstić information content (AvgIpc) is 2.76. The Labute approximate surface area is 129 Å². The predicted molar refractivity (Wildman–Crippen MR) is 82.3 cm³/mol. The van der Waals surface area contributed by atoms with E-state index >= 15 is 0 Å². The summed E-state index contributed by atoms with van der Waals surface area (Å²) in [5.41, 5.74) is 1.91. The molecule has 0 radical (unpaired) electrons. The lowest BCUT2D eigenvalue weighted by atomic mass is 10.1. The molecule has 2 aromatic rings. The molecule has 0 bridgehead atoms. The van der Waals surface area contributed by atoms with Crippen molar-refractivity contribution in [2.24, 2.45) is 0 Å². The zero-order valence-electron chi connectivity index (χ0n) is 11.2. The number of rotatable bonds is 4. The van der Waals surface area contributed by atoms with E-state index in [0.29, 0.717) is 17.0 Å². The Morgan fingerprint density at radius 1 is 1.35 bits per heavy atom. The van der Waals surface area contributed by atoms with Crippen molar-refractivity contribution in [3.8, 4) is 11.5 Å². The number of likely N-dealkylation sites (N-methyl/N-ethyl adjacent to an activating group) is 1. The average molecular weight is 314 g/mol. The molecule has 1 aliphatic rings. The largest absolute Gasteiger partial charge is 0.444 e. The van der Waals surface area contributed by atoms with Crippen molar-refractivity contribution in [3.05, 3.63) is 41.2 Å². The van der Waals surface area contributed by atoms with Crippen molar-refractivity contribution in [2.45, 2.75) is 12.6 Å². The van der Waals surface area contributed by atoms with Gasteiger partial charge < -0.3 is 9.73 Å². The summed E-state index contributed by atoms with van der Waals surface area (Å²) in [5.74, 6) is 0.645. The van der Waals surface area contributed by atoms with Crippen LogP contribution in [0.1, 0.15) is 5.69 Å². The van der Waals surface area contributed by atoms with Crippen LogP contribution in [-0.2, 0) is 6.54 Å². The van der Waals surface area contributed by atoms with Crippen LogP contribution in [0, 0.1) is 0 Å². The normalized spacial score (nSPS) is 14.9. The van der Waals surface area contributed by atoms with E-state index in [4.69, 9.17) is 16.0 Å². The van der Waals surface area contributed by atoms with Gasteiger partial charge in [0.05, 0.1) is 5.69 Å². The van der Waals surface area contributed by atoms with E-state index in [1.807, 2.05) is 24.3 Å². The van der Waals surface area contributed by atoms with Gasteiger partial charge >= 0.3 is 0 Å². The highest BCUT2D eigenvalue weighted by molar-refractivity contribution is 6.30. The van der Waals surface area contributed by atoms with Gasteiger partial charge in [-0.25, -0.2) is 4.98 Å². The summed E-state index contributed by atoms with van der Waals surface area (Å²) in [4.78, 5) is 6.81. The molecular formula is C14H17Cl2N3O. The third-order valence-electron chi connectivity index (χ3n) is 3.44. The van der Waals surface area contributed by atoms with Crippen molar-refractivity contribution in [1.82, 2.24) is 15.2 Å². The lowest BCUT2D eigenvalue weighted by molar-refractivity contribution is 0.171. The molecule has 0 atom stereocenters. The van der Waals surface area contributed by atoms with Gasteiger partial charge in [-0.1, -0.05) is 11.6 Å². The topological polar surface area (TPSA) is 41.3 Å². The number of nitrogens with one attached hydrogen (secondary N) is 1. The molecular weight excluding hydrogens is 297 g/mol. The van der Waals surface area contributed by atoms with Gasteiger partial charge in [-0.3, -0.25) is 4.90 Å². The number of halogens is 2. The van der Waals surface area contributed by atoms with Crippen molar-refractivity contribution in [1.29, 1.82) is 0 Å². The number of hydrogen-bond acceptors (Lipinski definition) is 4. The van der Waals surface area contributed by atoms with Crippen LogP contribution in [0.3, 0.4) is 0 Å². The van der Waals surface area contributed by atoms with Crippen molar-refractivity contribution in [2.75, 3.05) is 20.1 Å². The minimum atomic E-state index is 0. The Kier molecular flexibility index (Phi) is 5.05. The van der Waals surface area contributed by atoms with E-state index in [2.05, 4.69) is 22.2 Å². The third kappa shape index (κ3) is 3.33. The Morgan fingerprint density at radius 3 is 2.65 bits per heavy atom. The van der Waals surface area contributed by atoms with Gasteiger partial charge in [0.1, 0.15) is 6.26 Å². The van der Waals surface area contributed by atoms with E-state index in [0.717, 1.165) is 30.9 Å². The van der Waals surface area contributed by atoms with E-state index in [1.165, 1.54) is 0 Å². The summed E-state index contributed by atoms with van der Waals surface area (Å²) >= 11 is 5.87. The molecule has 20 heavy (non-hydrogen) atoms. The second-order valence-electron chi connectivity index (χ2n) is 4.88. The number of nitrogens with zero attached hydrogens (tertiary/aromatic N) is 2. The first kappa shape index (κ1) is 15.3. The minimum absolute atomic E-state index is 0. The first-order valence-electron chi connectivity index (χ1n) is 6.33. The SMILES string of the molecule is CN(Cc1coc(-c2ccc(Cl)cc2)n1)C1CNC1.Cl. The molecule has 6 heteroatoms. The third-order valence-corrected chi connectivity index (χ3v) is 3.69. The maximum Gasteiger partial charge on any atom is 0.226 e. The Bertz CT molecular complexity index is 552. The van der Waals surface area contributed by atoms with Crippen LogP contribution >= 0.6 is 24.0 Å². The van der Waals surface area contributed by atoms with Gasteiger partial charge in [0.15, 0.2) is 0 Å². The predicted octanol–water partition coefficient (Wildman–Crippen LogP) is 2.82. The van der Waals surface area contributed by atoms with Crippen molar-refractivity contribution < 1.29 is 4.42 Å². The van der Waals surface area contributed by atoms with Gasteiger partial charge in [0.2, 0.25) is 5.89 Å². The number of benzene rings is 1. The van der Waals surface area contributed by atoms with Crippen LogP contribution in [0.15, 0.2) is 34.9 Å². The van der Waals surface area contributed by atoms with Gasteiger partial charge in [0.25, 0.3) is 0 Å². The molecule has 108 valence electrons. The highest BCUT2D eigenvalue weighted by atomic mass is 35.5. The second-order valence-corrected chi connectivity index (χ2v) is 5.31. The van der Waals surface area contributed by atoms with Crippen LogP contribution in [-0.4, -0.2) is 36.1 Å². The first-order chi connectivity index (χ1) is 9.22. The monoisotopic (exact) mass is 313 g/mol. The van der Waals surface area contributed by atoms with Gasteiger partial charge in [0, 0.05) is 36.3 Å². The zero-order chi connectivity index (χ0) is 13.2. The molecule has 1 fully saturated rings. The van der Waals surface area contributed by atoms with Crippen molar-refractivity contribution >= 4 is 24.0 Å². The molecule has 0 saturated carbocycles. The quantitative estimate of drug-likeness (QED) is 0.942. The lowest BCUT2D eigenvalue weighted by Crippen LogP contribution is -2.55. The Hall–Kier alpha value is -1.07. The lowest BCUT2D eigenvalue weighted by Gasteiger charge is -2.35. The van der Waals surface area contributed by atoms with Crippen LogP contribution in [0.2, 0.25) is 5.02 Å². The number of hydrogen-bond donors (Lipinski definition) is 1. The van der Waals surface area contributed by atoms with Crippen LogP contribution in [0.4, 0.5) is 0 Å². The summed E-state index contributed by atoms with van der Waals surface area (Å²) < 4.78 is 5.53. The number of oxazole rings is 1. The summed E-state index contributed by atoms with van der Waals surface area (Å²) in [6, 6.07) is 8.12. The summed E-state index contributed by atoms with van der Waals surface area (Å²) in [7, 11) is 2.11. The smallest absolute Gasteiger partial charge is 0.226 e.